The fourth-order valence-electron chi connectivity index (χ4n) is 5.40. The van der Waals surface area contributed by atoms with Crippen LogP contribution in [0.25, 0.3) is 21.8 Å². The van der Waals surface area contributed by atoms with Gasteiger partial charge in [0.25, 0.3) is 0 Å². The number of halogens is 1. The number of H-pyrrole nitrogens is 1. The van der Waals surface area contributed by atoms with Crippen LogP contribution in [0.3, 0.4) is 0 Å². The van der Waals surface area contributed by atoms with Gasteiger partial charge in [-0.25, -0.2) is 9.78 Å². The molecule has 4 atom stereocenters. The van der Waals surface area contributed by atoms with Gasteiger partial charge >= 0.3 is 6.09 Å². The van der Waals surface area contributed by atoms with Crippen molar-refractivity contribution < 1.29 is 14.7 Å². The van der Waals surface area contributed by atoms with Crippen LogP contribution in [0.15, 0.2) is 34.8 Å². The molecule has 1 aliphatic carbocycles. The first-order valence-corrected chi connectivity index (χ1v) is 11.5. The van der Waals surface area contributed by atoms with E-state index in [-0.39, 0.29) is 23.9 Å². The van der Waals surface area contributed by atoms with E-state index >= 15 is 0 Å². The summed E-state index contributed by atoms with van der Waals surface area (Å²) in [4.78, 5) is 35.2. The monoisotopic (exact) mass is 484 g/mol. The van der Waals surface area contributed by atoms with Gasteiger partial charge < -0.3 is 20.3 Å². The number of hydrogen-bond donors (Lipinski definition) is 3. The Hall–Kier alpha value is -2.61. The molecular formula is C23H25BrN4O3. The Morgan fingerprint density at radius 1 is 1.26 bits per heavy atom. The molecule has 162 valence electrons. The minimum Gasteiger partial charge on any atom is -0.465 e. The van der Waals surface area contributed by atoms with Crippen LogP contribution in [0.1, 0.15) is 45.0 Å². The van der Waals surface area contributed by atoms with Crippen LogP contribution < -0.4 is 5.32 Å². The van der Waals surface area contributed by atoms with Crippen molar-refractivity contribution in [2.45, 2.75) is 51.2 Å². The summed E-state index contributed by atoms with van der Waals surface area (Å²) in [6.45, 7) is 3.74. The SMILES string of the molecule is CC(C)C(NC(=O)O)C(=O)N1[C@H]2CC[C@H](C2)[C@H]1c1nc2c(ccc3cc(Br)ccc32)[nH]1. The fraction of sp³-hybridized carbons (Fsp3) is 0.435. The number of fused-ring (bicyclic) bond motifs is 5. The molecule has 7 nitrogen and oxygen atoms in total. The maximum atomic E-state index is 13.5. The number of hydrogen-bond acceptors (Lipinski definition) is 3. The van der Waals surface area contributed by atoms with Gasteiger partial charge in [0, 0.05) is 15.9 Å². The first-order chi connectivity index (χ1) is 14.8. The molecule has 3 N–H and O–H groups in total. The number of amides is 2. The fourth-order valence-corrected chi connectivity index (χ4v) is 5.78. The van der Waals surface area contributed by atoms with Gasteiger partial charge in [-0.3, -0.25) is 4.79 Å². The van der Waals surface area contributed by atoms with E-state index < -0.39 is 12.1 Å². The maximum absolute atomic E-state index is 13.5. The molecule has 1 saturated heterocycles. The number of rotatable bonds is 4. The van der Waals surface area contributed by atoms with Gasteiger partial charge in [-0.2, -0.15) is 0 Å². The lowest BCUT2D eigenvalue weighted by Crippen LogP contribution is -2.53. The van der Waals surface area contributed by atoms with Crippen molar-refractivity contribution in [1.29, 1.82) is 0 Å². The van der Waals surface area contributed by atoms with Gasteiger partial charge in [0.2, 0.25) is 5.91 Å². The number of nitrogens with one attached hydrogen (secondary N) is 2. The molecule has 31 heavy (non-hydrogen) atoms. The number of nitrogens with zero attached hydrogens (tertiary/aromatic N) is 2. The molecule has 2 fully saturated rings. The van der Waals surface area contributed by atoms with E-state index in [1.165, 1.54) is 0 Å². The molecule has 3 aromatic rings. The average molecular weight is 485 g/mol. The maximum Gasteiger partial charge on any atom is 0.405 e. The Labute approximate surface area is 188 Å². The Balaban J connectivity index is 1.56. The lowest BCUT2D eigenvalue weighted by molar-refractivity contribution is -0.139. The van der Waals surface area contributed by atoms with E-state index in [4.69, 9.17) is 4.98 Å². The Bertz CT molecular complexity index is 1190. The van der Waals surface area contributed by atoms with Crippen molar-refractivity contribution in [2.75, 3.05) is 0 Å². The first kappa shape index (κ1) is 20.3. The summed E-state index contributed by atoms with van der Waals surface area (Å²) in [6.07, 6.45) is 1.79. The zero-order valence-electron chi connectivity index (χ0n) is 17.4. The van der Waals surface area contributed by atoms with E-state index in [1.54, 1.807) is 0 Å². The van der Waals surface area contributed by atoms with E-state index in [1.807, 2.05) is 30.9 Å². The van der Waals surface area contributed by atoms with E-state index in [9.17, 15) is 14.7 Å². The van der Waals surface area contributed by atoms with Gasteiger partial charge in [0.05, 0.1) is 17.1 Å². The highest BCUT2D eigenvalue weighted by Gasteiger charge is 2.51. The van der Waals surface area contributed by atoms with Gasteiger partial charge in [-0.1, -0.05) is 41.9 Å². The minimum absolute atomic E-state index is 0.138. The molecule has 2 heterocycles. The lowest BCUT2D eigenvalue weighted by atomic mass is 9.95. The average Bonchev–Trinajstić information content (AvgIpc) is 3.44. The number of likely N-dealkylation sites (tertiary alicyclic amines) is 1. The Morgan fingerprint density at radius 2 is 2.06 bits per heavy atom. The summed E-state index contributed by atoms with van der Waals surface area (Å²) in [5, 5.41) is 13.9. The summed E-state index contributed by atoms with van der Waals surface area (Å²) in [5.41, 5.74) is 1.85. The van der Waals surface area contributed by atoms with Crippen LogP contribution in [0.4, 0.5) is 4.79 Å². The van der Waals surface area contributed by atoms with Crippen molar-refractivity contribution in [3.05, 3.63) is 40.6 Å². The highest BCUT2D eigenvalue weighted by molar-refractivity contribution is 9.10. The number of aromatic nitrogens is 2. The number of benzene rings is 2. The third-order valence-corrected chi connectivity index (χ3v) is 7.27. The molecule has 2 aliphatic rings. The number of carbonyl (C=O) groups is 2. The second kappa shape index (κ2) is 7.51. The van der Waals surface area contributed by atoms with Gasteiger partial charge in [-0.15, -0.1) is 0 Å². The smallest absolute Gasteiger partial charge is 0.405 e. The van der Waals surface area contributed by atoms with Crippen LogP contribution >= 0.6 is 15.9 Å². The van der Waals surface area contributed by atoms with Crippen molar-refractivity contribution in [3.8, 4) is 0 Å². The first-order valence-electron chi connectivity index (χ1n) is 10.7. The molecule has 1 unspecified atom stereocenters. The highest BCUT2D eigenvalue weighted by Crippen LogP contribution is 2.50. The molecule has 8 heteroatoms. The van der Waals surface area contributed by atoms with Crippen LogP contribution in [-0.2, 0) is 4.79 Å². The number of carbonyl (C=O) groups excluding carboxylic acids is 1. The molecule has 2 aromatic carbocycles. The van der Waals surface area contributed by atoms with E-state index in [0.29, 0.717) is 5.92 Å². The molecule has 1 saturated carbocycles. The quantitative estimate of drug-likeness (QED) is 0.494. The summed E-state index contributed by atoms with van der Waals surface area (Å²) in [6, 6.07) is 9.46. The van der Waals surface area contributed by atoms with Crippen molar-refractivity contribution >= 4 is 49.7 Å². The van der Waals surface area contributed by atoms with Gasteiger partial charge in [0.15, 0.2) is 0 Å². The van der Waals surface area contributed by atoms with E-state index in [2.05, 4.69) is 44.4 Å². The molecule has 0 spiro atoms. The van der Waals surface area contributed by atoms with Gasteiger partial charge in [-0.05, 0) is 54.7 Å². The number of piperidine rings is 1. The third kappa shape index (κ3) is 3.37. The van der Waals surface area contributed by atoms with Crippen LogP contribution in [0.5, 0.6) is 0 Å². The lowest BCUT2D eigenvalue weighted by Gasteiger charge is -2.37. The normalized spacial score (nSPS) is 23.7. The number of carboxylic acid groups (broad SMARTS) is 1. The van der Waals surface area contributed by atoms with Gasteiger partial charge in [0.1, 0.15) is 11.9 Å². The van der Waals surface area contributed by atoms with Crippen molar-refractivity contribution in [3.63, 3.8) is 0 Å². The predicted octanol–water partition coefficient (Wildman–Crippen LogP) is 4.82. The van der Waals surface area contributed by atoms with Crippen LogP contribution in [0.2, 0.25) is 0 Å². The third-order valence-electron chi connectivity index (χ3n) is 6.78. The molecule has 2 bridgehead atoms. The van der Waals surface area contributed by atoms with Crippen molar-refractivity contribution in [2.24, 2.45) is 11.8 Å². The summed E-state index contributed by atoms with van der Waals surface area (Å²) in [7, 11) is 0. The molecule has 2 amide bonds. The minimum atomic E-state index is -1.17. The zero-order chi connectivity index (χ0) is 21.9. The second-order valence-electron chi connectivity index (χ2n) is 9.04. The molecule has 1 aromatic heterocycles. The largest absolute Gasteiger partial charge is 0.465 e. The summed E-state index contributed by atoms with van der Waals surface area (Å²) < 4.78 is 1.02. The molecular weight excluding hydrogens is 460 g/mol. The van der Waals surface area contributed by atoms with Crippen LogP contribution in [-0.4, -0.2) is 44.1 Å². The highest BCUT2D eigenvalue weighted by atomic mass is 79.9. The number of imidazole rings is 1. The predicted molar refractivity (Wildman–Crippen MR) is 122 cm³/mol. The number of aromatic amines is 1. The zero-order valence-corrected chi connectivity index (χ0v) is 19.0. The van der Waals surface area contributed by atoms with Crippen molar-refractivity contribution in [1.82, 2.24) is 20.2 Å². The molecule has 1 aliphatic heterocycles. The molecule has 5 rings (SSSR count). The standard InChI is InChI=1S/C23H25BrN4O3/c1-11(2)18(27-23(30)31)22(29)28-15-6-3-13(10-15)20(28)21-25-17-8-4-12-9-14(24)5-7-16(12)19(17)26-21/h4-5,7-9,11,13,15,18,20,27H,3,6,10H2,1-2H3,(H,25,26)(H,30,31)/t13-,15+,18?,20+/m1/s1. The summed E-state index contributed by atoms with van der Waals surface area (Å²) >= 11 is 3.52. The second-order valence-corrected chi connectivity index (χ2v) is 9.95. The Kier molecular flexibility index (Phi) is 4.92. The molecule has 0 radical (unpaired) electrons. The summed E-state index contributed by atoms with van der Waals surface area (Å²) in [5.74, 6) is 0.849. The van der Waals surface area contributed by atoms with E-state index in [0.717, 1.165) is 51.4 Å². The van der Waals surface area contributed by atoms with Crippen LogP contribution in [0, 0.1) is 11.8 Å². The topological polar surface area (TPSA) is 98.3 Å². The Morgan fingerprint density at radius 3 is 2.81 bits per heavy atom.